The van der Waals surface area contributed by atoms with E-state index in [1.807, 2.05) is 36.6 Å². The van der Waals surface area contributed by atoms with Gasteiger partial charge in [0.15, 0.2) is 0 Å². The number of halogens is 2. The quantitative estimate of drug-likeness (QED) is 0.462. The second-order valence-corrected chi connectivity index (χ2v) is 6.58. The van der Waals surface area contributed by atoms with Gasteiger partial charge in [-0.15, -0.1) is 0 Å². The van der Waals surface area contributed by atoms with Crippen molar-refractivity contribution in [3.05, 3.63) is 66.9 Å². The van der Waals surface area contributed by atoms with Gasteiger partial charge >= 0.3 is 0 Å². The van der Waals surface area contributed by atoms with Gasteiger partial charge in [0.1, 0.15) is 11.3 Å². The molecule has 0 unspecified atom stereocenters. The topological polar surface area (TPSA) is 61.0 Å². The summed E-state index contributed by atoms with van der Waals surface area (Å²) in [6.07, 6.45) is 0. The van der Waals surface area contributed by atoms with E-state index in [9.17, 15) is 10.1 Å². The number of imidazole rings is 1. The number of aryl methyl sites for hydroxylation is 1. The van der Waals surface area contributed by atoms with Crippen LogP contribution in [0.5, 0.6) is 0 Å². The second-order valence-electron chi connectivity index (χ2n) is 5.32. The van der Waals surface area contributed by atoms with Crippen LogP contribution in [0.3, 0.4) is 0 Å². The van der Waals surface area contributed by atoms with Crippen molar-refractivity contribution in [1.29, 1.82) is 0 Å². The molecule has 3 aromatic rings. The van der Waals surface area contributed by atoms with Gasteiger partial charge in [-0.3, -0.25) is 10.1 Å². The van der Waals surface area contributed by atoms with Gasteiger partial charge in [-0.25, -0.2) is 4.98 Å². The zero-order valence-corrected chi connectivity index (χ0v) is 14.8. The van der Waals surface area contributed by atoms with Gasteiger partial charge in [-0.05, 0) is 47.0 Å². The lowest BCUT2D eigenvalue weighted by Gasteiger charge is -2.11. The molecule has 0 atom stereocenters. The molecule has 1 heterocycles. The SMILES string of the molecule is Cc1c(Cl)cccc1Cn1c(C)nc2c(Br)cc([N+](=O)[O-])cc21. The van der Waals surface area contributed by atoms with Gasteiger partial charge in [-0.1, -0.05) is 23.7 Å². The number of rotatable bonds is 3. The first kappa shape index (κ1) is 16.0. The van der Waals surface area contributed by atoms with E-state index in [-0.39, 0.29) is 5.69 Å². The molecule has 0 aliphatic rings. The molecule has 3 rings (SSSR count). The lowest BCUT2D eigenvalue weighted by Crippen LogP contribution is -2.04. The molecule has 0 fully saturated rings. The maximum atomic E-state index is 11.1. The second kappa shape index (κ2) is 5.94. The van der Waals surface area contributed by atoms with Gasteiger partial charge in [0.05, 0.1) is 14.9 Å². The molecule has 0 spiro atoms. The average molecular weight is 395 g/mol. The standard InChI is InChI=1S/C16H13BrClN3O2/c1-9-11(4-3-5-14(9)18)8-20-10(2)19-16-13(17)6-12(21(22)23)7-15(16)20/h3-7H,8H2,1-2H3. The first-order valence-electron chi connectivity index (χ1n) is 6.93. The molecule has 0 N–H and O–H groups in total. The van der Waals surface area contributed by atoms with Gasteiger partial charge in [0.2, 0.25) is 0 Å². The minimum absolute atomic E-state index is 0.0355. The predicted octanol–water partition coefficient (Wildman–Crippen LogP) is 5.03. The zero-order chi connectivity index (χ0) is 16.7. The third-order valence-electron chi connectivity index (χ3n) is 3.90. The van der Waals surface area contributed by atoms with Crippen LogP contribution >= 0.6 is 27.5 Å². The molecule has 0 aliphatic carbocycles. The summed E-state index contributed by atoms with van der Waals surface area (Å²) in [6, 6.07) is 8.78. The fraction of sp³-hybridized carbons (Fsp3) is 0.188. The Morgan fingerprint density at radius 3 is 2.78 bits per heavy atom. The van der Waals surface area contributed by atoms with E-state index in [2.05, 4.69) is 20.9 Å². The molecule has 0 saturated heterocycles. The van der Waals surface area contributed by atoms with E-state index in [1.165, 1.54) is 6.07 Å². The van der Waals surface area contributed by atoms with Crippen molar-refractivity contribution in [3.8, 4) is 0 Å². The number of nitro groups is 1. The first-order valence-corrected chi connectivity index (χ1v) is 8.10. The Balaban J connectivity index is 2.19. The van der Waals surface area contributed by atoms with Crippen LogP contribution in [0.4, 0.5) is 5.69 Å². The largest absolute Gasteiger partial charge is 0.323 e. The minimum atomic E-state index is -0.401. The van der Waals surface area contributed by atoms with Crippen molar-refractivity contribution >= 4 is 44.3 Å². The fourth-order valence-electron chi connectivity index (χ4n) is 2.58. The Bertz CT molecular complexity index is 937. The summed E-state index contributed by atoms with van der Waals surface area (Å²) in [5, 5.41) is 11.8. The number of non-ortho nitro benzene ring substituents is 1. The van der Waals surface area contributed by atoms with Gasteiger partial charge < -0.3 is 4.57 Å². The molecule has 0 aliphatic heterocycles. The highest BCUT2D eigenvalue weighted by Gasteiger charge is 2.17. The number of hydrogen-bond acceptors (Lipinski definition) is 3. The highest BCUT2D eigenvalue weighted by Crippen LogP contribution is 2.31. The minimum Gasteiger partial charge on any atom is -0.323 e. The molecule has 118 valence electrons. The van der Waals surface area contributed by atoms with Crippen LogP contribution in [-0.2, 0) is 6.54 Å². The molecule has 23 heavy (non-hydrogen) atoms. The molecule has 0 amide bonds. The number of aromatic nitrogens is 2. The fourth-order valence-corrected chi connectivity index (χ4v) is 3.30. The molecule has 0 radical (unpaired) electrons. The smallest absolute Gasteiger partial charge is 0.272 e. The molecule has 2 aromatic carbocycles. The monoisotopic (exact) mass is 393 g/mol. The van der Waals surface area contributed by atoms with Crippen LogP contribution in [0, 0.1) is 24.0 Å². The number of hydrogen-bond donors (Lipinski definition) is 0. The van der Waals surface area contributed by atoms with Crippen molar-refractivity contribution in [3.63, 3.8) is 0 Å². The number of nitro benzene ring substituents is 1. The summed E-state index contributed by atoms with van der Waals surface area (Å²) in [4.78, 5) is 15.2. The van der Waals surface area contributed by atoms with Crippen molar-refractivity contribution in [2.45, 2.75) is 20.4 Å². The Kier molecular flexibility index (Phi) is 4.12. The summed E-state index contributed by atoms with van der Waals surface area (Å²) < 4.78 is 2.58. The van der Waals surface area contributed by atoms with Crippen LogP contribution in [0.15, 0.2) is 34.8 Å². The van der Waals surface area contributed by atoms with E-state index < -0.39 is 4.92 Å². The predicted molar refractivity (Wildman–Crippen MR) is 94.1 cm³/mol. The molecule has 0 saturated carbocycles. The molecule has 7 heteroatoms. The Labute approximate surface area is 146 Å². The first-order chi connectivity index (χ1) is 10.9. The highest BCUT2D eigenvalue weighted by atomic mass is 79.9. The molecule has 0 bridgehead atoms. The lowest BCUT2D eigenvalue weighted by atomic mass is 10.1. The summed E-state index contributed by atoms with van der Waals surface area (Å²) in [5.74, 6) is 0.792. The number of fused-ring (bicyclic) bond motifs is 1. The van der Waals surface area contributed by atoms with Gasteiger partial charge in [0, 0.05) is 23.7 Å². The zero-order valence-electron chi connectivity index (χ0n) is 12.5. The summed E-state index contributed by atoms with van der Waals surface area (Å²) in [6.45, 7) is 4.41. The number of benzene rings is 2. The van der Waals surface area contributed by atoms with E-state index in [4.69, 9.17) is 11.6 Å². The molecule has 1 aromatic heterocycles. The van der Waals surface area contributed by atoms with E-state index >= 15 is 0 Å². The third-order valence-corrected chi connectivity index (χ3v) is 4.92. The third kappa shape index (κ3) is 2.84. The van der Waals surface area contributed by atoms with E-state index in [0.717, 1.165) is 22.5 Å². The van der Waals surface area contributed by atoms with Crippen LogP contribution in [-0.4, -0.2) is 14.5 Å². The van der Waals surface area contributed by atoms with Crippen molar-refractivity contribution < 1.29 is 4.92 Å². The van der Waals surface area contributed by atoms with Crippen LogP contribution in [0.25, 0.3) is 11.0 Å². The van der Waals surface area contributed by atoms with Crippen molar-refractivity contribution in [2.24, 2.45) is 0 Å². The van der Waals surface area contributed by atoms with Crippen LogP contribution in [0.1, 0.15) is 17.0 Å². The highest BCUT2D eigenvalue weighted by molar-refractivity contribution is 9.10. The Morgan fingerprint density at radius 1 is 1.35 bits per heavy atom. The maximum Gasteiger partial charge on any atom is 0.272 e. The van der Waals surface area contributed by atoms with E-state index in [0.29, 0.717) is 21.6 Å². The van der Waals surface area contributed by atoms with Crippen LogP contribution < -0.4 is 0 Å². The van der Waals surface area contributed by atoms with Gasteiger partial charge in [-0.2, -0.15) is 0 Å². The normalized spacial score (nSPS) is 11.1. The van der Waals surface area contributed by atoms with Crippen LogP contribution in [0.2, 0.25) is 5.02 Å². The molecular formula is C16H13BrClN3O2. The van der Waals surface area contributed by atoms with Crippen molar-refractivity contribution in [2.75, 3.05) is 0 Å². The Hall–Kier alpha value is -1.92. The van der Waals surface area contributed by atoms with E-state index in [1.54, 1.807) is 6.07 Å². The summed E-state index contributed by atoms with van der Waals surface area (Å²) in [5.41, 5.74) is 3.53. The van der Waals surface area contributed by atoms with Gasteiger partial charge in [0.25, 0.3) is 5.69 Å². The lowest BCUT2D eigenvalue weighted by molar-refractivity contribution is -0.384. The molecular weight excluding hydrogens is 382 g/mol. The maximum absolute atomic E-state index is 11.1. The summed E-state index contributed by atoms with van der Waals surface area (Å²) in [7, 11) is 0. The average Bonchev–Trinajstić information content (AvgIpc) is 2.81. The van der Waals surface area contributed by atoms with Crippen molar-refractivity contribution in [1.82, 2.24) is 9.55 Å². The number of nitrogens with zero attached hydrogens (tertiary/aromatic N) is 3. The Morgan fingerprint density at radius 2 is 2.09 bits per heavy atom. The summed E-state index contributed by atoms with van der Waals surface area (Å²) >= 11 is 9.56. The molecule has 5 nitrogen and oxygen atoms in total.